The van der Waals surface area contributed by atoms with Gasteiger partial charge in [-0.3, -0.25) is 0 Å². The summed E-state index contributed by atoms with van der Waals surface area (Å²) in [6.07, 6.45) is 3.39. The molecule has 0 aromatic carbocycles. The zero-order valence-corrected chi connectivity index (χ0v) is 5.74. The molecule has 0 saturated carbocycles. The molecule has 1 heterocycles. The van der Waals surface area contributed by atoms with Crippen molar-refractivity contribution >= 4 is 0 Å². The molecule has 0 aliphatic heterocycles. The molecule has 1 aromatic heterocycles. The number of nitrogens with zero attached hydrogens (tertiary/aromatic N) is 2. The molecule has 0 unspecified atom stereocenters. The molecular formula is C6H11N2O+. The van der Waals surface area contributed by atoms with Gasteiger partial charge in [0.25, 0.3) is 0 Å². The average molecular weight is 127 g/mol. The summed E-state index contributed by atoms with van der Waals surface area (Å²) in [5, 5.41) is 3.70. The van der Waals surface area contributed by atoms with E-state index in [0.717, 1.165) is 6.54 Å². The van der Waals surface area contributed by atoms with Gasteiger partial charge in [0.15, 0.2) is 18.1 Å². The lowest BCUT2D eigenvalue weighted by molar-refractivity contribution is -0.766. The van der Waals surface area contributed by atoms with E-state index in [1.165, 1.54) is 0 Å². The van der Waals surface area contributed by atoms with Gasteiger partial charge in [-0.05, 0) is 0 Å². The highest BCUT2D eigenvalue weighted by Gasteiger charge is 2.05. The summed E-state index contributed by atoms with van der Waals surface area (Å²) >= 11 is 0. The number of rotatable bonds is 2. The predicted molar refractivity (Wildman–Crippen MR) is 31.5 cm³/mol. The molecule has 0 spiro atoms. The van der Waals surface area contributed by atoms with E-state index in [1.54, 1.807) is 10.9 Å². The average Bonchev–Trinajstić information content (AvgIpc) is 2.15. The van der Waals surface area contributed by atoms with Gasteiger partial charge in [0.1, 0.15) is 0 Å². The van der Waals surface area contributed by atoms with Gasteiger partial charge in [-0.15, -0.1) is 0 Å². The third-order valence-electron chi connectivity index (χ3n) is 0.998. The second-order valence-electron chi connectivity index (χ2n) is 2.49. The van der Waals surface area contributed by atoms with Crippen LogP contribution in [0.25, 0.3) is 0 Å². The van der Waals surface area contributed by atoms with Gasteiger partial charge < -0.3 is 4.52 Å². The fourth-order valence-electron chi connectivity index (χ4n) is 0.681. The van der Waals surface area contributed by atoms with Crippen molar-refractivity contribution in [3.63, 3.8) is 0 Å². The molecule has 1 aromatic rings. The van der Waals surface area contributed by atoms with Crippen LogP contribution in [0, 0.1) is 5.92 Å². The van der Waals surface area contributed by atoms with Crippen molar-refractivity contribution < 1.29 is 9.20 Å². The van der Waals surface area contributed by atoms with Crippen molar-refractivity contribution in [3.8, 4) is 0 Å². The summed E-state index contributed by atoms with van der Waals surface area (Å²) in [5.74, 6) is 0.625. The van der Waals surface area contributed by atoms with Gasteiger partial charge in [-0.1, -0.05) is 18.5 Å². The molecule has 0 atom stereocenters. The van der Waals surface area contributed by atoms with Crippen LogP contribution in [0.1, 0.15) is 13.8 Å². The minimum absolute atomic E-state index is 0.625. The first-order valence-electron chi connectivity index (χ1n) is 3.09. The molecule has 0 bridgehead atoms. The van der Waals surface area contributed by atoms with Crippen LogP contribution < -0.4 is 4.68 Å². The highest BCUT2D eigenvalue weighted by molar-refractivity contribution is 4.42. The second kappa shape index (κ2) is 2.62. The Labute approximate surface area is 54.3 Å². The van der Waals surface area contributed by atoms with Crippen molar-refractivity contribution in [1.82, 2.24) is 5.27 Å². The SMILES string of the molecule is CC(C)C[n+]1ccon1. The first-order valence-corrected chi connectivity index (χ1v) is 3.09. The molecule has 3 heteroatoms. The number of aromatic nitrogens is 2. The van der Waals surface area contributed by atoms with Crippen molar-refractivity contribution in [2.75, 3.05) is 0 Å². The van der Waals surface area contributed by atoms with E-state index in [-0.39, 0.29) is 0 Å². The Morgan fingerprint density at radius 3 is 2.89 bits per heavy atom. The van der Waals surface area contributed by atoms with Crippen LogP contribution in [-0.4, -0.2) is 5.27 Å². The summed E-state index contributed by atoms with van der Waals surface area (Å²) in [6, 6.07) is 0. The smallest absolute Gasteiger partial charge is 0.237 e. The molecule has 0 N–H and O–H groups in total. The Morgan fingerprint density at radius 2 is 2.44 bits per heavy atom. The maximum Gasteiger partial charge on any atom is 0.237 e. The van der Waals surface area contributed by atoms with Crippen LogP contribution in [0.2, 0.25) is 0 Å². The molecule has 0 radical (unpaired) electrons. The minimum atomic E-state index is 0.625. The summed E-state index contributed by atoms with van der Waals surface area (Å²) in [7, 11) is 0. The highest BCUT2D eigenvalue weighted by atomic mass is 16.5. The van der Waals surface area contributed by atoms with E-state index in [4.69, 9.17) is 0 Å². The fraction of sp³-hybridized carbons (Fsp3) is 0.667. The zero-order chi connectivity index (χ0) is 6.69. The largest absolute Gasteiger partial charge is 0.309 e. The third-order valence-corrected chi connectivity index (χ3v) is 0.998. The highest BCUT2D eigenvalue weighted by Crippen LogP contribution is 1.88. The van der Waals surface area contributed by atoms with Crippen molar-refractivity contribution in [2.24, 2.45) is 5.92 Å². The first-order chi connectivity index (χ1) is 4.29. The molecule has 3 nitrogen and oxygen atoms in total. The molecule has 0 aliphatic rings. The van der Waals surface area contributed by atoms with Crippen molar-refractivity contribution in [2.45, 2.75) is 20.4 Å². The molecule has 50 valence electrons. The van der Waals surface area contributed by atoms with Crippen LogP contribution >= 0.6 is 0 Å². The normalized spacial score (nSPS) is 10.6. The van der Waals surface area contributed by atoms with Crippen LogP contribution in [-0.2, 0) is 6.54 Å². The van der Waals surface area contributed by atoms with Gasteiger partial charge in [0.05, 0.1) is 0 Å². The fourth-order valence-corrected chi connectivity index (χ4v) is 0.681. The van der Waals surface area contributed by atoms with E-state index >= 15 is 0 Å². The lowest BCUT2D eigenvalue weighted by atomic mass is 10.2. The molecule has 0 amide bonds. The van der Waals surface area contributed by atoms with Crippen LogP contribution in [0.15, 0.2) is 17.0 Å². The zero-order valence-electron chi connectivity index (χ0n) is 5.74. The topological polar surface area (TPSA) is 29.9 Å². The molecule has 0 fully saturated rings. The standard InChI is InChI=1S/C6H11N2O/c1-6(2)5-8-3-4-9-7-8/h3-4,6H,5H2,1-2H3/q+1. The van der Waals surface area contributed by atoms with E-state index in [9.17, 15) is 0 Å². The number of hydrogen-bond donors (Lipinski definition) is 0. The van der Waals surface area contributed by atoms with Gasteiger partial charge in [-0.2, -0.15) is 0 Å². The quantitative estimate of drug-likeness (QED) is 0.545. The molecule has 9 heavy (non-hydrogen) atoms. The van der Waals surface area contributed by atoms with Crippen LogP contribution in [0.3, 0.4) is 0 Å². The van der Waals surface area contributed by atoms with Crippen molar-refractivity contribution in [1.29, 1.82) is 0 Å². The lowest BCUT2D eigenvalue weighted by Gasteiger charge is -1.90. The molecular weight excluding hydrogens is 116 g/mol. The summed E-state index contributed by atoms with van der Waals surface area (Å²) in [5.41, 5.74) is 0. The van der Waals surface area contributed by atoms with Crippen LogP contribution in [0.5, 0.6) is 0 Å². The Morgan fingerprint density at radius 1 is 1.67 bits per heavy atom. The van der Waals surface area contributed by atoms with Crippen molar-refractivity contribution in [3.05, 3.63) is 12.5 Å². The summed E-state index contributed by atoms with van der Waals surface area (Å²) in [4.78, 5) is 0. The lowest BCUT2D eigenvalue weighted by Crippen LogP contribution is -2.36. The summed E-state index contributed by atoms with van der Waals surface area (Å²) in [6.45, 7) is 5.21. The monoisotopic (exact) mass is 127 g/mol. The maximum absolute atomic E-state index is 4.63. The third kappa shape index (κ3) is 1.83. The van der Waals surface area contributed by atoms with E-state index in [2.05, 4.69) is 23.6 Å². The predicted octanol–water partition coefficient (Wildman–Crippen LogP) is 0.618. The Hall–Kier alpha value is -0.860. The Kier molecular flexibility index (Phi) is 1.82. The van der Waals surface area contributed by atoms with E-state index < -0.39 is 0 Å². The van der Waals surface area contributed by atoms with Gasteiger partial charge in [0.2, 0.25) is 6.20 Å². The van der Waals surface area contributed by atoms with E-state index in [1.807, 2.05) is 6.20 Å². The molecule has 0 aliphatic carbocycles. The molecule has 1 rings (SSSR count). The Bertz CT molecular complexity index is 158. The first kappa shape index (κ1) is 6.26. The van der Waals surface area contributed by atoms with Crippen LogP contribution in [0.4, 0.5) is 0 Å². The maximum atomic E-state index is 4.63. The summed E-state index contributed by atoms with van der Waals surface area (Å²) < 4.78 is 6.41. The van der Waals surface area contributed by atoms with Gasteiger partial charge in [0, 0.05) is 5.92 Å². The van der Waals surface area contributed by atoms with Gasteiger partial charge >= 0.3 is 0 Å². The van der Waals surface area contributed by atoms with Gasteiger partial charge in [-0.25, -0.2) is 0 Å². The second-order valence-corrected chi connectivity index (χ2v) is 2.49. The Balaban J connectivity index is 2.48. The number of hydrogen-bond acceptors (Lipinski definition) is 2. The molecule has 0 saturated heterocycles. The minimum Gasteiger partial charge on any atom is -0.309 e. The van der Waals surface area contributed by atoms with E-state index in [0.29, 0.717) is 5.92 Å².